The molecule has 9 heteroatoms. The fraction of sp³-hybridized carbons (Fsp3) is 0.150. The second kappa shape index (κ2) is 7.80. The van der Waals surface area contributed by atoms with Gasteiger partial charge in [0.1, 0.15) is 11.5 Å². The SMILES string of the molecule is COc1ccc(CC(=O)Nc2nc(-c3ccc4[nH]c(=O)oc4c3)cs2)c(OC)c1. The minimum Gasteiger partial charge on any atom is -0.497 e. The number of amides is 1. The van der Waals surface area contributed by atoms with Gasteiger partial charge in [0.15, 0.2) is 10.7 Å². The van der Waals surface area contributed by atoms with E-state index in [2.05, 4.69) is 15.3 Å². The predicted octanol–water partition coefficient (Wildman–Crippen LogP) is 3.44. The number of anilines is 1. The Morgan fingerprint density at radius 3 is 2.86 bits per heavy atom. The van der Waals surface area contributed by atoms with Gasteiger partial charge in [-0.15, -0.1) is 11.3 Å². The van der Waals surface area contributed by atoms with Crippen LogP contribution < -0.4 is 20.5 Å². The molecule has 0 saturated heterocycles. The number of thiazole rings is 1. The van der Waals surface area contributed by atoms with Crippen molar-refractivity contribution in [3.05, 3.63) is 57.9 Å². The van der Waals surface area contributed by atoms with Gasteiger partial charge in [0, 0.05) is 22.6 Å². The zero-order valence-corrected chi connectivity index (χ0v) is 16.5. The molecule has 2 aromatic heterocycles. The van der Waals surface area contributed by atoms with Gasteiger partial charge in [-0.2, -0.15) is 0 Å². The number of aromatic amines is 1. The summed E-state index contributed by atoms with van der Waals surface area (Å²) >= 11 is 1.32. The standard InChI is InChI=1S/C20H17N3O5S/c1-26-13-5-3-12(16(9-13)27-2)8-18(24)23-19-21-15(10-29-19)11-4-6-14-17(7-11)28-20(25)22-14/h3-7,9-10H,8H2,1-2H3,(H,22,25)(H,21,23,24). The number of aromatic nitrogens is 2. The van der Waals surface area contributed by atoms with E-state index >= 15 is 0 Å². The van der Waals surface area contributed by atoms with Gasteiger partial charge in [0.2, 0.25) is 5.91 Å². The average Bonchev–Trinajstić information content (AvgIpc) is 3.32. The van der Waals surface area contributed by atoms with E-state index in [9.17, 15) is 9.59 Å². The summed E-state index contributed by atoms with van der Waals surface area (Å²) < 4.78 is 15.6. The molecule has 2 heterocycles. The maximum atomic E-state index is 12.4. The van der Waals surface area contributed by atoms with Gasteiger partial charge in [-0.05, 0) is 18.2 Å². The van der Waals surface area contributed by atoms with Crippen LogP contribution in [0.3, 0.4) is 0 Å². The predicted molar refractivity (Wildman–Crippen MR) is 110 cm³/mol. The number of hydrogen-bond donors (Lipinski definition) is 2. The molecular formula is C20H17N3O5S. The smallest absolute Gasteiger partial charge is 0.417 e. The lowest BCUT2D eigenvalue weighted by molar-refractivity contribution is -0.115. The molecule has 0 bridgehead atoms. The van der Waals surface area contributed by atoms with E-state index in [4.69, 9.17) is 13.9 Å². The van der Waals surface area contributed by atoms with Crippen LogP contribution in [0.15, 0.2) is 51.0 Å². The van der Waals surface area contributed by atoms with Crippen molar-refractivity contribution in [1.29, 1.82) is 0 Å². The first kappa shape index (κ1) is 18.8. The Balaban J connectivity index is 1.48. The summed E-state index contributed by atoms with van der Waals surface area (Å²) in [6.07, 6.45) is 0.141. The van der Waals surface area contributed by atoms with Crippen LogP contribution in [0.1, 0.15) is 5.56 Å². The zero-order valence-electron chi connectivity index (χ0n) is 15.6. The van der Waals surface area contributed by atoms with Crippen LogP contribution in [0.4, 0.5) is 5.13 Å². The molecule has 0 aliphatic carbocycles. The van der Waals surface area contributed by atoms with E-state index in [0.29, 0.717) is 33.4 Å². The van der Waals surface area contributed by atoms with Crippen LogP contribution in [0.2, 0.25) is 0 Å². The van der Waals surface area contributed by atoms with Crippen molar-refractivity contribution in [2.24, 2.45) is 0 Å². The fourth-order valence-electron chi connectivity index (χ4n) is 2.90. The Kier molecular flexibility index (Phi) is 5.05. The lowest BCUT2D eigenvalue weighted by Crippen LogP contribution is -2.14. The number of nitrogens with one attached hydrogen (secondary N) is 2. The van der Waals surface area contributed by atoms with Gasteiger partial charge in [0.25, 0.3) is 0 Å². The minimum absolute atomic E-state index is 0.141. The molecule has 4 aromatic rings. The molecule has 0 radical (unpaired) electrons. The molecule has 1 amide bonds. The summed E-state index contributed by atoms with van der Waals surface area (Å²) in [4.78, 5) is 30.8. The minimum atomic E-state index is -0.502. The molecule has 2 N–H and O–H groups in total. The first-order valence-corrected chi connectivity index (χ1v) is 9.53. The third kappa shape index (κ3) is 3.99. The molecule has 148 valence electrons. The number of ether oxygens (including phenoxy) is 2. The highest BCUT2D eigenvalue weighted by molar-refractivity contribution is 7.14. The highest BCUT2D eigenvalue weighted by Gasteiger charge is 2.13. The second-order valence-electron chi connectivity index (χ2n) is 6.17. The van der Waals surface area contributed by atoms with E-state index in [0.717, 1.165) is 11.1 Å². The molecule has 29 heavy (non-hydrogen) atoms. The summed E-state index contributed by atoms with van der Waals surface area (Å²) in [5.74, 6) is 0.533. The highest BCUT2D eigenvalue weighted by atomic mass is 32.1. The first-order chi connectivity index (χ1) is 14.1. The van der Waals surface area contributed by atoms with Gasteiger partial charge < -0.3 is 19.2 Å². The van der Waals surface area contributed by atoms with Gasteiger partial charge in [0.05, 0.1) is 31.9 Å². The van der Waals surface area contributed by atoms with Crippen LogP contribution in [-0.2, 0) is 11.2 Å². The number of nitrogens with zero attached hydrogens (tertiary/aromatic N) is 1. The number of carbonyl (C=O) groups excluding carboxylic acids is 1. The van der Waals surface area contributed by atoms with E-state index in [1.54, 1.807) is 44.6 Å². The molecule has 0 atom stereocenters. The summed E-state index contributed by atoms with van der Waals surface area (Å²) in [6, 6.07) is 10.6. The fourth-order valence-corrected chi connectivity index (χ4v) is 3.64. The highest BCUT2D eigenvalue weighted by Crippen LogP contribution is 2.28. The van der Waals surface area contributed by atoms with E-state index in [1.165, 1.54) is 11.3 Å². The Hall–Kier alpha value is -3.59. The Morgan fingerprint density at radius 2 is 2.07 bits per heavy atom. The number of benzene rings is 2. The maximum Gasteiger partial charge on any atom is 0.417 e. The van der Waals surface area contributed by atoms with Crippen LogP contribution in [0.5, 0.6) is 11.5 Å². The number of fused-ring (bicyclic) bond motifs is 1. The molecule has 0 unspecified atom stereocenters. The normalized spacial score (nSPS) is 10.8. The summed E-state index contributed by atoms with van der Waals surface area (Å²) in [7, 11) is 3.12. The molecule has 2 aromatic carbocycles. The number of hydrogen-bond acceptors (Lipinski definition) is 7. The van der Waals surface area contributed by atoms with Crippen molar-refractivity contribution in [3.63, 3.8) is 0 Å². The average molecular weight is 411 g/mol. The van der Waals surface area contributed by atoms with Gasteiger partial charge in [-0.3, -0.25) is 9.78 Å². The molecule has 0 fully saturated rings. The molecule has 0 spiro atoms. The van der Waals surface area contributed by atoms with Crippen molar-refractivity contribution in [2.45, 2.75) is 6.42 Å². The number of rotatable bonds is 6. The summed E-state index contributed by atoms with van der Waals surface area (Å²) in [5.41, 5.74) is 3.29. The van der Waals surface area contributed by atoms with Crippen molar-refractivity contribution in [2.75, 3.05) is 19.5 Å². The second-order valence-corrected chi connectivity index (χ2v) is 7.02. The molecule has 0 aliphatic rings. The summed E-state index contributed by atoms with van der Waals surface area (Å²) in [6.45, 7) is 0. The molecular weight excluding hydrogens is 394 g/mol. The molecule has 8 nitrogen and oxygen atoms in total. The van der Waals surface area contributed by atoms with Crippen LogP contribution in [-0.4, -0.2) is 30.1 Å². The van der Waals surface area contributed by atoms with Crippen LogP contribution in [0, 0.1) is 0 Å². The monoisotopic (exact) mass is 411 g/mol. The van der Waals surface area contributed by atoms with E-state index in [1.807, 2.05) is 11.4 Å². The van der Waals surface area contributed by atoms with E-state index in [-0.39, 0.29) is 12.3 Å². The van der Waals surface area contributed by atoms with Gasteiger partial charge >= 0.3 is 5.76 Å². The lowest BCUT2D eigenvalue weighted by atomic mass is 10.1. The third-order valence-electron chi connectivity index (χ3n) is 4.31. The summed E-state index contributed by atoms with van der Waals surface area (Å²) in [5, 5.41) is 5.11. The van der Waals surface area contributed by atoms with Gasteiger partial charge in [-0.1, -0.05) is 12.1 Å². The third-order valence-corrected chi connectivity index (χ3v) is 5.07. The van der Waals surface area contributed by atoms with Crippen molar-refractivity contribution < 1.29 is 18.7 Å². The first-order valence-electron chi connectivity index (χ1n) is 8.65. The van der Waals surface area contributed by atoms with Crippen molar-refractivity contribution in [1.82, 2.24) is 9.97 Å². The zero-order chi connectivity index (χ0) is 20.4. The number of oxazole rings is 1. The molecule has 0 saturated carbocycles. The van der Waals surface area contributed by atoms with E-state index < -0.39 is 5.76 Å². The van der Waals surface area contributed by atoms with Crippen LogP contribution >= 0.6 is 11.3 Å². The Labute approximate surface area is 169 Å². The maximum absolute atomic E-state index is 12.4. The Morgan fingerprint density at radius 1 is 1.21 bits per heavy atom. The number of methoxy groups -OCH3 is 2. The van der Waals surface area contributed by atoms with Crippen LogP contribution in [0.25, 0.3) is 22.4 Å². The van der Waals surface area contributed by atoms with Gasteiger partial charge in [-0.25, -0.2) is 9.78 Å². The quantitative estimate of drug-likeness (QED) is 0.503. The Bertz CT molecular complexity index is 1240. The molecule has 4 rings (SSSR count). The van der Waals surface area contributed by atoms with Crippen molar-refractivity contribution >= 4 is 33.5 Å². The topological polar surface area (TPSA) is 106 Å². The number of carbonyl (C=O) groups is 1. The molecule has 0 aliphatic heterocycles. The largest absolute Gasteiger partial charge is 0.497 e. The lowest BCUT2D eigenvalue weighted by Gasteiger charge is -2.10. The number of H-pyrrole nitrogens is 1. The van der Waals surface area contributed by atoms with Crippen molar-refractivity contribution in [3.8, 4) is 22.8 Å².